The third kappa shape index (κ3) is 7.80. The number of benzene rings is 2. The first kappa shape index (κ1) is 26.7. The second-order valence-electron chi connectivity index (χ2n) is 9.04. The number of halogens is 1. The summed E-state index contributed by atoms with van der Waals surface area (Å²) in [5.74, 6) is -0.363. The van der Waals surface area contributed by atoms with Gasteiger partial charge in [-0.1, -0.05) is 56.5 Å². The van der Waals surface area contributed by atoms with Gasteiger partial charge in [0, 0.05) is 36.2 Å². The number of hydrogen-bond acceptors (Lipinski definition) is 6. The first-order chi connectivity index (χ1) is 16.5. The molecule has 1 fully saturated rings. The fraction of sp³-hybridized carbons (Fsp3) is 0.519. The van der Waals surface area contributed by atoms with Crippen LogP contribution in [0.5, 0.6) is 0 Å². The molecule has 186 valence electrons. The molecular weight excluding hydrogens is 494 g/mol. The molecule has 1 saturated carbocycles. The molecule has 0 aromatic heterocycles. The molecule has 0 spiro atoms. The lowest BCUT2D eigenvalue weighted by Crippen LogP contribution is -2.34. The highest BCUT2D eigenvalue weighted by Crippen LogP contribution is 2.33. The van der Waals surface area contributed by atoms with Gasteiger partial charge in [0.25, 0.3) is 0 Å². The highest BCUT2D eigenvalue weighted by Gasteiger charge is 2.22. The summed E-state index contributed by atoms with van der Waals surface area (Å²) < 4.78 is 6.33. The van der Waals surface area contributed by atoms with Gasteiger partial charge < -0.3 is 20.9 Å². The average Bonchev–Trinajstić information content (AvgIpc) is 2.85. The molecule has 0 aliphatic heterocycles. The number of nitrogens with two attached hydrogens (primary N) is 1. The quantitative estimate of drug-likeness (QED) is 0.262. The molecule has 2 aromatic carbocycles. The number of ether oxygens (including phenoxy) is 1. The molecule has 3 rings (SSSR count). The van der Waals surface area contributed by atoms with E-state index in [9.17, 15) is 9.90 Å². The molecule has 6 nitrogen and oxygen atoms in total. The smallest absolute Gasteiger partial charge is 0.338 e. The molecule has 1 aliphatic carbocycles. The Morgan fingerprint density at radius 2 is 1.94 bits per heavy atom. The molecule has 1 atom stereocenters. The number of anilines is 1. The van der Waals surface area contributed by atoms with E-state index in [2.05, 4.69) is 45.2 Å². The van der Waals surface area contributed by atoms with E-state index in [0.29, 0.717) is 41.4 Å². The van der Waals surface area contributed by atoms with Crippen LogP contribution in [0, 0.1) is 0 Å². The topological polar surface area (TPSA) is 87.8 Å². The maximum Gasteiger partial charge on any atom is 0.338 e. The standard InChI is InChI=1S/C27H38BrN3O3/c1-2-25(30-22-11-7-4-8-12-22)23-17-21(18-24(28)26(23)29)27(33)34-16-14-31(13-15-32)19-20-9-5-3-6-10-20/h3,5-6,9-10,17-18,22,25,30,32H,2,4,7-8,11-16,19,29H2,1H3. The molecule has 34 heavy (non-hydrogen) atoms. The zero-order valence-electron chi connectivity index (χ0n) is 20.1. The van der Waals surface area contributed by atoms with E-state index in [0.717, 1.165) is 17.5 Å². The van der Waals surface area contributed by atoms with Crippen molar-refractivity contribution in [1.82, 2.24) is 10.2 Å². The summed E-state index contributed by atoms with van der Waals surface area (Å²) in [6.45, 7) is 4.21. The molecule has 7 heteroatoms. The van der Waals surface area contributed by atoms with Crippen LogP contribution in [0.3, 0.4) is 0 Å². The fourth-order valence-electron chi connectivity index (χ4n) is 4.63. The predicted octanol–water partition coefficient (Wildman–Crippen LogP) is 5.06. The lowest BCUT2D eigenvalue weighted by Gasteiger charge is -2.29. The Balaban J connectivity index is 1.62. The van der Waals surface area contributed by atoms with Crippen LogP contribution in [0.1, 0.15) is 73.0 Å². The molecule has 1 aliphatic rings. The van der Waals surface area contributed by atoms with Gasteiger partial charge in [-0.05, 0) is 58.5 Å². The summed E-state index contributed by atoms with van der Waals surface area (Å²) in [5, 5.41) is 13.2. The third-order valence-corrected chi connectivity index (χ3v) is 7.18. The monoisotopic (exact) mass is 531 g/mol. The Labute approximate surface area is 212 Å². The Hall–Kier alpha value is -1.93. The summed E-state index contributed by atoms with van der Waals surface area (Å²) in [6.07, 6.45) is 7.10. The number of aliphatic hydroxyl groups excluding tert-OH is 1. The lowest BCUT2D eigenvalue weighted by molar-refractivity contribution is 0.0448. The zero-order chi connectivity index (χ0) is 24.3. The number of hydrogen-bond donors (Lipinski definition) is 3. The van der Waals surface area contributed by atoms with Crippen LogP contribution in [0.4, 0.5) is 5.69 Å². The Bertz CT molecular complexity index is 903. The average molecular weight is 533 g/mol. The predicted molar refractivity (Wildman–Crippen MR) is 141 cm³/mol. The molecule has 2 aromatic rings. The van der Waals surface area contributed by atoms with E-state index >= 15 is 0 Å². The van der Waals surface area contributed by atoms with Crippen molar-refractivity contribution in [3.63, 3.8) is 0 Å². The molecule has 0 amide bonds. The minimum absolute atomic E-state index is 0.0570. The van der Waals surface area contributed by atoms with E-state index in [1.807, 2.05) is 24.3 Å². The summed E-state index contributed by atoms with van der Waals surface area (Å²) in [6, 6.07) is 14.3. The van der Waals surface area contributed by atoms with Crippen LogP contribution in [0.2, 0.25) is 0 Å². The normalized spacial score (nSPS) is 15.4. The number of nitrogen functional groups attached to an aromatic ring is 1. The summed E-state index contributed by atoms with van der Waals surface area (Å²) >= 11 is 3.54. The highest BCUT2D eigenvalue weighted by atomic mass is 79.9. The van der Waals surface area contributed by atoms with Gasteiger partial charge in [0.2, 0.25) is 0 Å². The van der Waals surface area contributed by atoms with E-state index in [1.165, 1.54) is 32.1 Å². The maximum absolute atomic E-state index is 12.9. The van der Waals surface area contributed by atoms with Crippen molar-refractivity contribution in [2.75, 3.05) is 32.0 Å². The van der Waals surface area contributed by atoms with Crippen LogP contribution >= 0.6 is 15.9 Å². The number of nitrogens with zero attached hydrogens (tertiary/aromatic N) is 1. The SMILES string of the molecule is CCC(NC1CCCCC1)c1cc(C(=O)OCCN(CCO)Cc2ccccc2)cc(Br)c1N. The fourth-order valence-corrected chi connectivity index (χ4v) is 5.11. The Morgan fingerprint density at radius 1 is 1.21 bits per heavy atom. The maximum atomic E-state index is 12.9. The Morgan fingerprint density at radius 3 is 2.62 bits per heavy atom. The molecule has 1 unspecified atom stereocenters. The number of rotatable bonds is 12. The van der Waals surface area contributed by atoms with Crippen molar-refractivity contribution >= 4 is 27.6 Å². The number of carbonyl (C=O) groups excluding carboxylic acids is 1. The number of aliphatic hydroxyl groups is 1. The van der Waals surface area contributed by atoms with Crippen molar-refractivity contribution in [1.29, 1.82) is 0 Å². The molecule has 0 saturated heterocycles. The van der Waals surface area contributed by atoms with Gasteiger partial charge in [-0.25, -0.2) is 4.79 Å². The van der Waals surface area contributed by atoms with Crippen LogP contribution < -0.4 is 11.1 Å². The minimum Gasteiger partial charge on any atom is -0.461 e. The van der Waals surface area contributed by atoms with Gasteiger partial charge in [0.05, 0.1) is 17.9 Å². The summed E-state index contributed by atoms with van der Waals surface area (Å²) in [5.41, 5.74) is 9.68. The van der Waals surface area contributed by atoms with Crippen LogP contribution in [0.15, 0.2) is 46.9 Å². The van der Waals surface area contributed by atoms with Gasteiger partial charge in [0.15, 0.2) is 0 Å². The summed E-state index contributed by atoms with van der Waals surface area (Å²) in [4.78, 5) is 15.0. The summed E-state index contributed by atoms with van der Waals surface area (Å²) in [7, 11) is 0. The van der Waals surface area contributed by atoms with Crippen LogP contribution in [0.25, 0.3) is 0 Å². The lowest BCUT2D eigenvalue weighted by atomic mass is 9.92. The molecule has 0 radical (unpaired) electrons. The van der Waals surface area contributed by atoms with Crippen molar-refractivity contribution < 1.29 is 14.6 Å². The molecule has 0 bridgehead atoms. The molecular formula is C27H38BrN3O3. The first-order valence-electron chi connectivity index (χ1n) is 12.4. The first-order valence-corrected chi connectivity index (χ1v) is 13.2. The second kappa shape index (κ2) is 13.8. The van der Waals surface area contributed by atoms with Crippen molar-refractivity contribution in [2.24, 2.45) is 0 Å². The highest BCUT2D eigenvalue weighted by molar-refractivity contribution is 9.10. The third-order valence-electron chi connectivity index (χ3n) is 6.53. The van der Waals surface area contributed by atoms with Gasteiger partial charge in [-0.15, -0.1) is 0 Å². The van der Waals surface area contributed by atoms with Gasteiger partial charge in [-0.3, -0.25) is 4.90 Å². The number of carbonyl (C=O) groups is 1. The van der Waals surface area contributed by atoms with Crippen molar-refractivity contribution in [3.8, 4) is 0 Å². The van der Waals surface area contributed by atoms with Gasteiger partial charge in [-0.2, -0.15) is 0 Å². The van der Waals surface area contributed by atoms with E-state index in [1.54, 1.807) is 6.07 Å². The van der Waals surface area contributed by atoms with Gasteiger partial charge in [0.1, 0.15) is 6.61 Å². The van der Waals surface area contributed by atoms with Crippen molar-refractivity contribution in [3.05, 3.63) is 63.6 Å². The van der Waals surface area contributed by atoms with E-state index < -0.39 is 0 Å². The largest absolute Gasteiger partial charge is 0.461 e. The second-order valence-corrected chi connectivity index (χ2v) is 9.90. The zero-order valence-corrected chi connectivity index (χ0v) is 21.7. The van der Waals surface area contributed by atoms with Crippen LogP contribution in [-0.2, 0) is 11.3 Å². The minimum atomic E-state index is -0.363. The van der Waals surface area contributed by atoms with E-state index in [4.69, 9.17) is 10.5 Å². The molecule has 4 N–H and O–H groups in total. The molecule has 0 heterocycles. The Kier molecular flexibility index (Phi) is 10.8. The van der Waals surface area contributed by atoms with Crippen LogP contribution in [-0.4, -0.2) is 48.3 Å². The van der Waals surface area contributed by atoms with Gasteiger partial charge >= 0.3 is 5.97 Å². The van der Waals surface area contributed by atoms with Crippen molar-refractivity contribution in [2.45, 2.75) is 64.1 Å². The van der Waals surface area contributed by atoms with E-state index in [-0.39, 0.29) is 25.2 Å². The number of esters is 1. The number of nitrogens with one attached hydrogen (secondary N) is 1.